The largest absolute Gasteiger partial charge is 0.341 e. The molecule has 192 valence electrons. The van der Waals surface area contributed by atoms with Gasteiger partial charge in [0.2, 0.25) is 26.0 Å². The summed E-state index contributed by atoms with van der Waals surface area (Å²) >= 11 is 0. The lowest BCUT2D eigenvalue weighted by atomic mass is 10.0. The Morgan fingerprint density at radius 1 is 1.03 bits per heavy atom. The molecule has 0 spiro atoms. The number of hydrogen-bond acceptors (Lipinski definition) is 6. The van der Waals surface area contributed by atoms with Crippen LogP contribution in [-0.4, -0.2) is 32.7 Å². The Kier molecular flexibility index (Phi) is 6.38. The standard InChI is InChI=1S/C26H26N4O5S2/c1-16-11-17(2)13-20(12-16)36(32,33)29-23(26-27-21-5-3-4-6-22(21)28-26)14-18-7-9-19(10-8-18)24-15-25(31)30-37(24,34)35/h3-13,23-24,29H,14-15H2,1-2H3,(H,27,28)(H,30,31)/t23-,24?/m0/s1. The molecule has 0 saturated carbocycles. The number of carbonyl (C=O) groups is 1. The molecular weight excluding hydrogens is 512 g/mol. The predicted octanol–water partition coefficient (Wildman–Crippen LogP) is 3.33. The van der Waals surface area contributed by atoms with Gasteiger partial charge in [-0.15, -0.1) is 0 Å². The van der Waals surface area contributed by atoms with Gasteiger partial charge in [0, 0.05) is 0 Å². The highest BCUT2D eigenvalue weighted by Gasteiger charge is 2.37. The van der Waals surface area contributed by atoms with Gasteiger partial charge in [-0.1, -0.05) is 42.5 Å². The van der Waals surface area contributed by atoms with Crippen molar-refractivity contribution in [1.82, 2.24) is 19.4 Å². The molecule has 1 saturated heterocycles. The maximum Gasteiger partial charge on any atom is 0.242 e. The lowest BCUT2D eigenvalue weighted by Crippen LogP contribution is -2.31. The zero-order chi connectivity index (χ0) is 26.4. The van der Waals surface area contributed by atoms with Gasteiger partial charge in [0.05, 0.1) is 28.4 Å². The quantitative estimate of drug-likeness (QED) is 0.330. The molecule has 37 heavy (non-hydrogen) atoms. The van der Waals surface area contributed by atoms with Gasteiger partial charge in [0.1, 0.15) is 11.1 Å². The zero-order valence-corrected chi connectivity index (χ0v) is 21.9. The van der Waals surface area contributed by atoms with E-state index < -0.39 is 37.2 Å². The minimum absolute atomic E-state index is 0.126. The van der Waals surface area contributed by atoms with E-state index in [0.29, 0.717) is 16.9 Å². The van der Waals surface area contributed by atoms with E-state index in [1.807, 2.05) is 48.9 Å². The van der Waals surface area contributed by atoms with E-state index in [1.54, 1.807) is 36.4 Å². The number of rotatable bonds is 7. The minimum atomic E-state index is -3.89. The summed E-state index contributed by atoms with van der Waals surface area (Å²) in [4.78, 5) is 19.6. The third-order valence-corrected chi connectivity index (χ3v) is 9.48. The Hall–Kier alpha value is -3.54. The fraction of sp³-hybridized carbons (Fsp3) is 0.231. The summed E-state index contributed by atoms with van der Waals surface area (Å²) in [6, 6.07) is 18.7. The number of aromatic nitrogens is 2. The SMILES string of the molecule is Cc1cc(C)cc(S(=O)(=O)N[C@@H](Cc2ccc(C3CC(=O)NS3(=O)=O)cc2)c2nc3ccccc3[nH]2)c1. The summed E-state index contributed by atoms with van der Waals surface area (Å²) in [7, 11) is -7.64. The monoisotopic (exact) mass is 538 g/mol. The van der Waals surface area contributed by atoms with E-state index in [9.17, 15) is 21.6 Å². The molecule has 0 bridgehead atoms. The van der Waals surface area contributed by atoms with Crippen molar-refractivity contribution in [3.05, 3.63) is 94.8 Å². The lowest BCUT2D eigenvalue weighted by molar-refractivity contribution is -0.118. The normalized spacial score (nSPS) is 18.1. The van der Waals surface area contributed by atoms with Crippen molar-refractivity contribution in [2.75, 3.05) is 0 Å². The number of fused-ring (bicyclic) bond motifs is 1. The summed E-state index contributed by atoms with van der Waals surface area (Å²) in [5, 5.41) is -0.941. The smallest absolute Gasteiger partial charge is 0.242 e. The number of imidazole rings is 1. The molecule has 5 rings (SSSR count). The third kappa shape index (κ3) is 5.29. The molecule has 1 aromatic heterocycles. The number of amides is 1. The fourth-order valence-corrected chi connectivity index (χ4v) is 7.44. The number of H-pyrrole nitrogens is 1. The highest BCUT2D eigenvalue weighted by atomic mass is 32.2. The first-order valence-electron chi connectivity index (χ1n) is 11.7. The Morgan fingerprint density at radius 3 is 2.32 bits per heavy atom. The second-order valence-corrected chi connectivity index (χ2v) is 12.9. The van der Waals surface area contributed by atoms with Crippen LogP contribution in [0.3, 0.4) is 0 Å². The number of para-hydroxylation sites is 2. The summed E-state index contributed by atoms with van der Waals surface area (Å²) in [5.41, 5.74) is 4.45. The molecule has 11 heteroatoms. The predicted molar refractivity (Wildman–Crippen MR) is 140 cm³/mol. The highest BCUT2D eigenvalue weighted by Crippen LogP contribution is 2.31. The third-order valence-electron chi connectivity index (χ3n) is 6.33. The molecule has 2 heterocycles. The van der Waals surface area contributed by atoms with E-state index in [0.717, 1.165) is 22.2 Å². The van der Waals surface area contributed by atoms with E-state index in [4.69, 9.17) is 0 Å². The van der Waals surface area contributed by atoms with Crippen molar-refractivity contribution >= 4 is 37.0 Å². The molecule has 3 aromatic carbocycles. The van der Waals surface area contributed by atoms with Gasteiger partial charge in [-0.3, -0.25) is 9.52 Å². The number of benzene rings is 3. The summed E-state index contributed by atoms with van der Waals surface area (Å²) in [5.74, 6) is -0.0637. The van der Waals surface area contributed by atoms with Gasteiger partial charge in [-0.25, -0.2) is 26.5 Å². The van der Waals surface area contributed by atoms with Crippen LogP contribution in [-0.2, 0) is 31.3 Å². The van der Waals surface area contributed by atoms with Crippen LogP contribution < -0.4 is 9.44 Å². The van der Waals surface area contributed by atoms with E-state index >= 15 is 0 Å². The maximum absolute atomic E-state index is 13.4. The van der Waals surface area contributed by atoms with Crippen LogP contribution in [0.5, 0.6) is 0 Å². The van der Waals surface area contributed by atoms with Crippen molar-refractivity contribution in [2.45, 2.75) is 42.9 Å². The molecule has 0 radical (unpaired) electrons. The number of carbonyl (C=O) groups excluding carboxylic acids is 1. The lowest BCUT2D eigenvalue weighted by Gasteiger charge is -2.18. The molecule has 2 atom stereocenters. The Balaban J connectivity index is 1.47. The Bertz CT molecular complexity index is 1660. The van der Waals surface area contributed by atoms with Gasteiger partial charge in [0.15, 0.2) is 0 Å². The number of aromatic amines is 1. The highest BCUT2D eigenvalue weighted by molar-refractivity contribution is 7.90. The molecule has 9 nitrogen and oxygen atoms in total. The first kappa shape index (κ1) is 25.1. The number of aryl methyl sites for hydroxylation is 2. The molecule has 1 aliphatic rings. The maximum atomic E-state index is 13.4. The Labute approximate surface area is 215 Å². The number of nitrogens with zero attached hydrogens (tertiary/aromatic N) is 1. The van der Waals surface area contributed by atoms with Crippen LogP contribution in [0, 0.1) is 13.8 Å². The van der Waals surface area contributed by atoms with Crippen LogP contribution in [0.1, 0.15) is 45.8 Å². The van der Waals surface area contributed by atoms with Crippen LogP contribution in [0.4, 0.5) is 0 Å². The van der Waals surface area contributed by atoms with E-state index in [-0.39, 0.29) is 17.7 Å². The minimum Gasteiger partial charge on any atom is -0.341 e. The van der Waals surface area contributed by atoms with Gasteiger partial charge in [-0.05, 0) is 66.8 Å². The average Bonchev–Trinajstić information content (AvgIpc) is 3.38. The number of nitrogens with one attached hydrogen (secondary N) is 3. The molecule has 1 fully saturated rings. The molecule has 4 aromatic rings. The average molecular weight is 539 g/mol. The summed E-state index contributed by atoms with van der Waals surface area (Å²) in [6.45, 7) is 3.69. The second kappa shape index (κ2) is 9.40. The van der Waals surface area contributed by atoms with Crippen molar-refractivity contribution in [3.8, 4) is 0 Å². The summed E-state index contributed by atoms with van der Waals surface area (Å²) in [6.07, 6.45) is 0.137. The second-order valence-electron chi connectivity index (χ2n) is 9.35. The zero-order valence-electron chi connectivity index (χ0n) is 20.2. The van der Waals surface area contributed by atoms with E-state index in [1.165, 1.54) is 0 Å². The molecule has 1 amide bonds. The molecular formula is C26H26N4O5S2. The van der Waals surface area contributed by atoms with Crippen molar-refractivity contribution in [1.29, 1.82) is 0 Å². The molecule has 0 aliphatic carbocycles. The van der Waals surface area contributed by atoms with E-state index in [2.05, 4.69) is 14.7 Å². The topological polar surface area (TPSA) is 138 Å². The first-order chi connectivity index (χ1) is 17.5. The van der Waals surface area contributed by atoms with Gasteiger partial charge in [-0.2, -0.15) is 0 Å². The van der Waals surface area contributed by atoms with Crippen LogP contribution in [0.2, 0.25) is 0 Å². The fourth-order valence-electron chi connectivity index (χ4n) is 4.63. The molecule has 1 unspecified atom stereocenters. The Morgan fingerprint density at radius 2 is 1.70 bits per heavy atom. The number of sulfonamides is 2. The summed E-state index contributed by atoms with van der Waals surface area (Å²) < 4.78 is 56.1. The van der Waals surface area contributed by atoms with Crippen LogP contribution in [0.15, 0.2) is 71.6 Å². The molecule has 3 N–H and O–H groups in total. The van der Waals surface area contributed by atoms with Crippen molar-refractivity contribution in [2.24, 2.45) is 0 Å². The van der Waals surface area contributed by atoms with Crippen LogP contribution in [0.25, 0.3) is 11.0 Å². The first-order valence-corrected chi connectivity index (χ1v) is 14.7. The van der Waals surface area contributed by atoms with Gasteiger partial charge in [0.25, 0.3) is 0 Å². The van der Waals surface area contributed by atoms with Crippen molar-refractivity contribution in [3.63, 3.8) is 0 Å². The number of hydrogen-bond donors (Lipinski definition) is 3. The van der Waals surface area contributed by atoms with Crippen molar-refractivity contribution < 1.29 is 21.6 Å². The molecule has 1 aliphatic heterocycles. The van der Waals surface area contributed by atoms with Gasteiger partial charge < -0.3 is 4.98 Å². The van der Waals surface area contributed by atoms with Crippen LogP contribution >= 0.6 is 0 Å². The van der Waals surface area contributed by atoms with Gasteiger partial charge >= 0.3 is 0 Å².